The van der Waals surface area contributed by atoms with Crippen LogP contribution in [0.2, 0.25) is 0 Å². The largest absolute Gasteiger partial charge is 0.489 e. The highest BCUT2D eigenvalue weighted by molar-refractivity contribution is 5.88. The number of benzene rings is 3. The van der Waals surface area contributed by atoms with Gasteiger partial charge in [-0.3, -0.25) is 0 Å². The van der Waals surface area contributed by atoms with Gasteiger partial charge in [0, 0.05) is 11.8 Å². The molecule has 5 nitrogen and oxygen atoms in total. The van der Waals surface area contributed by atoms with Crippen LogP contribution in [0, 0.1) is 5.82 Å². The summed E-state index contributed by atoms with van der Waals surface area (Å²) in [6, 6.07) is 18.0. The lowest BCUT2D eigenvalue weighted by molar-refractivity contribution is -0.137. The second-order valence-electron chi connectivity index (χ2n) is 7.37. The molecule has 4 aromatic rings. The lowest BCUT2D eigenvalue weighted by Crippen LogP contribution is -2.08. The van der Waals surface area contributed by atoms with Crippen molar-refractivity contribution in [3.05, 3.63) is 108 Å². The molecule has 0 radical (unpaired) electrons. The molecule has 0 aliphatic carbocycles. The summed E-state index contributed by atoms with van der Waals surface area (Å²) in [5, 5.41) is 9.18. The van der Waals surface area contributed by atoms with Gasteiger partial charge in [-0.15, -0.1) is 0 Å². The third-order valence-electron chi connectivity index (χ3n) is 4.99. The number of rotatable bonds is 7. The Balaban J connectivity index is 1.49. The van der Waals surface area contributed by atoms with Gasteiger partial charge in [0.1, 0.15) is 23.9 Å². The summed E-state index contributed by atoms with van der Waals surface area (Å²) in [5.74, 6) is -1.60. The van der Waals surface area contributed by atoms with Gasteiger partial charge < -0.3 is 14.6 Å². The number of hydrogen-bond acceptors (Lipinski definition) is 4. The Bertz CT molecular complexity index is 1350. The van der Waals surface area contributed by atoms with E-state index in [9.17, 15) is 27.5 Å². The molecule has 9 heteroatoms. The molecule has 1 N–H and O–H groups in total. The van der Waals surface area contributed by atoms with Crippen molar-refractivity contribution in [2.45, 2.75) is 12.8 Å². The van der Waals surface area contributed by atoms with Crippen molar-refractivity contribution in [2.75, 3.05) is 0 Å². The molecular formula is C26H17F4NO4. The van der Waals surface area contributed by atoms with Crippen molar-refractivity contribution in [3.63, 3.8) is 0 Å². The van der Waals surface area contributed by atoms with Gasteiger partial charge >= 0.3 is 12.1 Å². The monoisotopic (exact) mass is 483 g/mol. The summed E-state index contributed by atoms with van der Waals surface area (Å²) >= 11 is 0. The summed E-state index contributed by atoms with van der Waals surface area (Å²) in [6.45, 7) is -0.0378. The summed E-state index contributed by atoms with van der Waals surface area (Å²) in [7, 11) is 0. The van der Waals surface area contributed by atoms with Crippen LogP contribution in [0.1, 0.15) is 21.6 Å². The SMILES string of the molecule is O=C(O)c1ncccc1Oc1ccc(COc2ccc(-c3ccccc3F)c(C(F)(F)F)c2)cc1. The van der Waals surface area contributed by atoms with E-state index < -0.39 is 23.5 Å². The summed E-state index contributed by atoms with van der Waals surface area (Å²) in [5.41, 5.74) is -1.04. The fourth-order valence-electron chi connectivity index (χ4n) is 3.34. The molecule has 1 aromatic heterocycles. The first kappa shape index (κ1) is 23.7. The number of pyridine rings is 1. The molecule has 0 saturated heterocycles. The molecule has 4 rings (SSSR count). The number of carbonyl (C=O) groups is 1. The smallest absolute Gasteiger partial charge is 0.417 e. The Labute approximate surface area is 197 Å². The van der Waals surface area contributed by atoms with Crippen molar-refractivity contribution < 1.29 is 36.9 Å². The second-order valence-corrected chi connectivity index (χ2v) is 7.37. The van der Waals surface area contributed by atoms with Crippen molar-refractivity contribution >= 4 is 5.97 Å². The van der Waals surface area contributed by atoms with Crippen LogP contribution in [0.4, 0.5) is 17.6 Å². The standard InChI is InChI=1S/C26H17F4NO4/c27-22-5-2-1-4-20(22)19-12-11-18(14-21(19)26(28,29)30)34-15-16-7-9-17(10-8-16)35-23-6-3-13-31-24(23)25(32)33/h1-14H,15H2,(H,32,33). The highest BCUT2D eigenvalue weighted by Crippen LogP contribution is 2.40. The van der Waals surface area contributed by atoms with Crippen LogP contribution in [0.5, 0.6) is 17.2 Å². The Morgan fingerprint density at radius 2 is 1.60 bits per heavy atom. The van der Waals surface area contributed by atoms with E-state index in [1.807, 2.05) is 0 Å². The van der Waals surface area contributed by atoms with Crippen LogP contribution in [0.3, 0.4) is 0 Å². The van der Waals surface area contributed by atoms with E-state index >= 15 is 0 Å². The zero-order valence-corrected chi connectivity index (χ0v) is 17.9. The molecule has 0 amide bonds. The van der Waals surface area contributed by atoms with Gasteiger partial charge in [-0.1, -0.05) is 30.3 Å². The highest BCUT2D eigenvalue weighted by atomic mass is 19.4. The minimum Gasteiger partial charge on any atom is -0.489 e. The van der Waals surface area contributed by atoms with Gasteiger partial charge in [-0.2, -0.15) is 13.2 Å². The maximum Gasteiger partial charge on any atom is 0.417 e. The molecule has 0 unspecified atom stereocenters. The summed E-state index contributed by atoms with van der Waals surface area (Å²) in [6.07, 6.45) is -3.37. The quantitative estimate of drug-likeness (QED) is 0.287. The van der Waals surface area contributed by atoms with Crippen molar-refractivity contribution in [1.82, 2.24) is 4.98 Å². The number of aromatic nitrogens is 1. The van der Waals surface area contributed by atoms with Crippen molar-refractivity contribution in [3.8, 4) is 28.4 Å². The molecule has 1 heterocycles. The predicted octanol–water partition coefficient (Wildman–Crippen LogP) is 6.98. The Hall–Kier alpha value is -4.40. The average molecular weight is 483 g/mol. The van der Waals surface area contributed by atoms with E-state index in [0.29, 0.717) is 11.3 Å². The maximum absolute atomic E-state index is 14.1. The molecular weight excluding hydrogens is 466 g/mol. The first-order chi connectivity index (χ1) is 16.7. The van der Waals surface area contributed by atoms with Crippen LogP contribution in [0.25, 0.3) is 11.1 Å². The molecule has 0 spiro atoms. The number of halogens is 4. The molecule has 3 aromatic carbocycles. The van der Waals surface area contributed by atoms with Crippen molar-refractivity contribution in [1.29, 1.82) is 0 Å². The summed E-state index contributed by atoms with van der Waals surface area (Å²) < 4.78 is 66.2. The molecule has 0 aliphatic heterocycles. The fraction of sp³-hybridized carbons (Fsp3) is 0.0769. The van der Waals surface area contributed by atoms with E-state index in [0.717, 1.165) is 12.1 Å². The third kappa shape index (κ3) is 5.57. The predicted molar refractivity (Wildman–Crippen MR) is 119 cm³/mol. The Morgan fingerprint density at radius 1 is 0.886 bits per heavy atom. The van der Waals surface area contributed by atoms with E-state index in [4.69, 9.17) is 9.47 Å². The zero-order valence-electron chi connectivity index (χ0n) is 17.9. The van der Waals surface area contributed by atoms with Gasteiger partial charge in [0.25, 0.3) is 0 Å². The van der Waals surface area contributed by atoms with Gasteiger partial charge in [0.2, 0.25) is 0 Å². The average Bonchev–Trinajstić information content (AvgIpc) is 2.83. The Morgan fingerprint density at radius 3 is 2.29 bits per heavy atom. The maximum atomic E-state index is 14.1. The molecule has 0 bridgehead atoms. The fourth-order valence-corrected chi connectivity index (χ4v) is 3.34. The van der Waals surface area contributed by atoms with Crippen LogP contribution in [0.15, 0.2) is 85.1 Å². The van der Waals surface area contributed by atoms with Crippen molar-refractivity contribution in [2.24, 2.45) is 0 Å². The second kappa shape index (κ2) is 9.84. The number of aromatic carboxylic acids is 1. The van der Waals surface area contributed by atoms with Gasteiger partial charge in [0.15, 0.2) is 11.4 Å². The number of hydrogen-bond donors (Lipinski definition) is 1. The lowest BCUT2D eigenvalue weighted by atomic mass is 9.98. The molecule has 0 atom stereocenters. The van der Waals surface area contributed by atoms with E-state index in [1.54, 1.807) is 24.3 Å². The molecule has 0 fully saturated rings. The minimum absolute atomic E-state index is 0.0285. The van der Waals surface area contributed by atoms with E-state index in [2.05, 4.69) is 4.98 Å². The number of nitrogens with zero attached hydrogens (tertiary/aromatic N) is 1. The first-order valence-electron chi connectivity index (χ1n) is 10.3. The van der Waals surface area contributed by atoms with Crippen LogP contribution in [-0.2, 0) is 12.8 Å². The molecule has 178 valence electrons. The first-order valence-corrected chi connectivity index (χ1v) is 10.3. The normalized spacial score (nSPS) is 11.2. The molecule has 0 aliphatic rings. The van der Waals surface area contributed by atoms with Crippen LogP contribution < -0.4 is 9.47 Å². The topological polar surface area (TPSA) is 68.7 Å². The number of alkyl halides is 3. The lowest BCUT2D eigenvalue weighted by Gasteiger charge is -2.16. The van der Waals surface area contributed by atoms with Gasteiger partial charge in [0.05, 0.1) is 5.56 Å². The van der Waals surface area contributed by atoms with Gasteiger partial charge in [-0.25, -0.2) is 14.2 Å². The Kier molecular flexibility index (Phi) is 6.68. The minimum atomic E-state index is -4.71. The summed E-state index contributed by atoms with van der Waals surface area (Å²) in [4.78, 5) is 15.0. The molecule has 35 heavy (non-hydrogen) atoms. The highest BCUT2D eigenvalue weighted by Gasteiger charge is 2.34. The van der Waals surface area contributed by atoms with Gasteiger partial charge in [-0.05, 0) is 59.7 Å². The third-order valence-corrected chi connectivity index (χ3v) is 4.99. The zero-order chi connectivity index (χ0) is 25.0. The van der Waals surface area contributed by atoms with E-state index in [-0.39, 0.29) is 34.9 Å². The van der Waals surface area contributed by atoms with Crippen LogP contribution in [-0.4, -0.2) is 16.1 Å². The number of ether oxygens (including phenoxy) is 2. The molecule has 0 saturated carbocycles. The number of carboxylic acids is 1. The van der Waals surface area contributed by atoms with E-state index in [1.165, 1.54) is 48.7 Å². The van der Waals surface area contributed by atoms with Crippen LogP contribution >= 0.6 is 0 Å². The number of carboxylic acid groups (broad SMARTS) is 1.